The van der Waals surface area contributed by atoms with Crippen LogP contribution >= 0.6 is 0 Å². The summed E-state index contributed by atoms with van der Waals surface area (Å²) in [5.41, 5.74) is 0.970. The van der Waals surface area contributed by atoms with E-state index in [2.05, 4.69) is 4.98 Å². The van der Waals surface area contributed by atoms with E-state index in [0.29, 0.717) is 11.3 Å². The van der Waals surface area contributed by atoms with Gasteiger partial charge in [-0.3, -0.25) is 0 Å². The Bertz CT molecular complexity index is 999. The molecule has 0 fully saturated rings. The van der Waals surface area contributed by atoms with Crippen LogP contribution in [0.2, 0.25) is 0 Å². The smallest absolute Gasteiger partial charge is 0.238 e. The Morgan fingerprint density at radius 1 is 1.21 bits per heavy atom. The maximum atomic E-state index is 13.9. The van der Waals surface area contributed by atoms with Gasteiger partial charge in [-0.15, -0.1) is 0 Å². The first kappa shape index (κ1) is 16.2. The predicted octanol–water partition coefficient (Wildman–Crippen LogP) is 2.80. The van der Waals surface area contributed by atoms with Crippen LogP contribution in [-0.4, -0.2) is 20.5 Å². The summed E-state index contributed by atoms with van der Waals surface area (Å²) < 4.78 is 47.7. The molecule has 1 heterocycles. The van der Waals surface area contributed by atoms with Crippen molar-refractivity contribution < 1.29 is 22.0 Å². The maximum Gasteiger partial charge on any atom is 0.238 e. The Balaban J connectivity index is 2.18. The lowest BCUT2D eigenvalue weighted by Gasteiger charge is -2.08. The van der Waals surface area contributed by atoms with E-state index in [1.165, 1.54) is 25.3 Å². The number of ether oxygens (including phenoxy) is 1. The number of oxazole rings is 1. The fraction of sp³-hybridized carbons (Fsp3) is 0.0625. The molecule has 8 heteroatoms. The van der Waals surface area contributed by atoms with Crippen LogP contribution in [0.4, 0.5) is 4.39 Å². The van der Waals surface area contributed by atoms with Crippen molar-refractivity contribution in [3.05, 3.63) is 54.7 Å². The molecule has 0 aliphatic rings. The molecular formula is C16H13FN2O4S. The van der Waals surface area contributed by atoms with Crippen LogP contribution in [0.25, 0.3) is 22.6 Å². The minimum atomic E-state index is -3.96. The van der Waals surface area contributed by atoms with Crippen molar-refractivity contribution in [3.63, 3.8) is 0 Å². The van der Waals surface area contributed by atoms with Crippen LogP contribution in [0.3, 0.4) is 0 Å². The summed E-state index contributed by atoms with van der Waals surface area (Å²) in [6.07, 6.45) is 1.16. The van der Waals surface area contributed by atoms with Gasteiger partial charge in [0.05, 0.1) is 12.0 Å². The first-order valence-electron chi connectivity index (χ1n) is 6.81. The molecule has 0 saturated carbocycles. The number of aromatic nitrogens is 1. The average Bonchev–Trinajstić information content (AvgIpc) is 3.03. The molecule has 0 bridgehead atoms. The number of halogens is 1. The first-order valence-corrected chi connectivity index (χ1v) is 8.36. The second kappa shape index (κ2) is 6.06. The summed E-state index contributed by atoms with van der Waals surface area (Å²) >= 11 is 0. The number of hydrogen-bond donors (Lipinski definition) is 1. The average molecular weight is 348 g/mol. The van der Waals surface area contributed by atoms with Gasteiger partial charge in [-0.2, -0.15) is 0 Å². The van der Waals surface area contributed by atoms with Gasteiger partial charge in [-0.05, 0) is 30.3 Å². The molecule has 124 valence electrons. The number of rotatable bonds is 4. The number of hydrogen-bond acceptors (Lipinski definition) is 5. The summed E-state index contributed by atoms with van der Waals surface area (Å²) in [6.45, 7) is 0. The summed E-state index contributed by atoms with van der Waals surface area (Å²) in [7, 11) is -2.60. The van der Waals surface area contributed by atoms with Gasteiger partial charge in [0.2, 0.25) is 10.0 Å². The molecule has 0 aliphatic heterocycles. The molecule has 3 rings (SSSR count). The van der Waals surface area contributed by atoms with Crippen LogP contribution < -0.4 is 9.88 Å². The zero-order valence-electron chi connectivity index (χ0n) is 12.6. The van der Waals surface area contributed by atoms with E-state index in [9.17, 15) is 12.8 Å². The Hall–Kier alpha value is -2.71. The van der Waals surface area contributed by atoms with E-state index in [0.717, 1.165) is 6.39 Å². The van der Waals surface area contributed by atoms with Crippen molar-refractivity contribution in [2.45, 2.75) is 4.90 Å². The Morgan fingerprint density at radius 2 is 1.96 bits per heavy atom. The van der Waals surface area contributed by atoms with Crippen molar-refractivity contribution in [2.24, 2.45) is 5.14 Å². The second-order valence-electron chi connectivity index (χ2n) is 4.92. The standard InChI is InChI=1S/C16H13FN2O4S/c1-22-13-7-6-10(8-12(13)17)15-16(23-9-19-15)11-4-2-3-5-14(11)24(18,20)21/h2-9H,1H3,(H2,18,20,21). The van der Waals surface area contributed by atoms with Gasteiger partial charge in [-0.25, -0.2) is 22.9 Å². The Labute approximate surface area is 137 Å². The van der Waals surface area contributed by atoms with Gasteiger partial charge >= 0.3 is 0 Å². The molecule has 2 aromatic carbocycles. The maximum absolute atomic E-state index is 13.9. The summed E-state index contributed by atoms with van der Waals surface area (Å²) in [5.74, 6) is -0.290. The van der Waals surface area contributed by atoms with Crippen LogP contribution in [0.5, 0.6) is 5.75 Å². The van der Waals surface area contributed by atoms with Gasteiger partial charge in [0, 0.05) is 11.1 Å². The molecule has 0 unspecified atom stereocenters. The van der Waals surface area contributed by atoms with Crippen molar-refractivity contribution in [1.29, 1.82) is 0 Å². The highest BCUT2D eigenvalue weighted by Crippen LogP contribution is 2.35. The van der Waals surface area contributed by atoms with Crippen molar-refractivity contribution in [2.75, 3.05) is 7.11 Å². The Kier molecular flexibility index (Phi) is 4.08. The number of benzene rings is 2. The summed E-state index contributed by atoms with van der Waals surface area (Å²) in [4.78, 5) is 3.97. The van der Waals surface area contributed by atoms with E-state index < -0.39 is 15.8 Å². The number of methoxy groups -OCH3 is 1. The summed E-state index contributed by atoms with van der Waals surface area (Å²) in [6, 6.07) is 10.4. The number of nitrogens with zero attached hydrogens (tertiary/aromatic N) is 1. The monoisotopic (exact) mass is 348 g/mol. The molecule has 6 nitrogen and oxygen atoms in total. The van der Waals surface area contributed by atoms with Crippen LogP contribution in [0, 0.1) is 5.82 Å². The second-order valence-corrected chi connectivity index (χ2v) is 6.45. The molecule has 0 atom stereocenters. The van der Waals surface area contributed by atoms with Gasteiger partial charge in [0.1, 0.15) is 5.69 Å². The highest BCUT2D eigenvalue weighted by Gasteiger charge is 2.21. The third-order valence-electron chi connectivity index (χ3n) is 3.43. The van der Waals surface area contributed by atoms with Gasteiger partial charge < -0.3 is 9.15 Å². The van der Waals surface area contributed by atoms with E-state index in [-0.39, 0.29) is 22.0 Å². The lowest BCUT2D eigenvalue weighted by atomic mass is 10.1. The van der Waals surface area contributed by atoms with Crippen molar-refractivity contribution in [1.82, 2.24) is 4.98 Å². The van der Waals surface area contributed by atoms with Crippen LogP contribution in [0.1, 0.15) is 0 Å². The zero-order chi connectivity index (χ0) is 17.3. The molecule has 0 spiro atoms. The van der Waals surface area contributed by atoms with Crippen LogP contribution in [0.15, 0.2) is 58.2 Å². The predicted molar refractivity (Wildman–Crippen MR) is 85.3 cm³/mol. The van der Waals surface area contributed by atoms with Crippen molar-refractivity contribution in [3.8, 4) is 28.3 Å². The quantitative estimate of drug-likeness (QED) is 0.782. The third-order valence-corrected chi connectivity index (χ3v) is 4.40. The van der Waals surface area contributed by atoms with Gasteiger partial charge in [-0.1, -0.05) is 12.1 Å². The highest BCUT2D eigenvalue weighted by molar-refractivity contribution is 7.89. The molecule has 0 aliphatic carbocycles. The fourth-order valence-electron chi connectivity index (χ4n) is 2.36. The van der Waals surface area contributed by atoms with E-state index in [1.54, 1.807) is 24.3 Å². The number of primary sulfonamides is 1. The minimum absolute atomic E-state index is 0.0914. The zero-order valence-corrected chi connectivity index (χ0v) is 13.4. The van der Waals surface area contributed by atoms with Gasteiger partial charge in [0.15, 0.2) is 23.7 Å². The van der Waals surface area contributed by atoms with E-state index in [1.807, 2.05) is 0 Å². The SMILES string of the molecule is COc1ccc(-c2ncoc2-c2ccccc2S(N)(=O)=O)cc1F. The largest absolute Gasteiger partial charge is 0.494 e. The van der Waals surface area contributed by atoms with E-state index in [4.69, 9.17) is 14.3 Å². The fourth-order valence-corrected chi connectivity index (χ4v) is 3.09. The molecule has 2 N–H and O–H groups in total. The normalized spacial score (nSPS) is 11.5. The lowest BCUT2D eigenvalue weighted by molar-refractivity contribution is 0.386. The molecule has 0 saturated heterocycles. The lowest BCUT2D eigenvalue weighted by Crippen LogP contribution is -2.13. The number of sulfonamides is 1. The highest BCUT2D eigenvalue weighted by atomic mass is 32.2. The topological polar surface area (TPSA) is 95.4 Å². The minimum Gasteiger partial charge on any atom is -0.494 e. The van der Waals surface area contributed by atoms with E-state index >= 15 is 0 Å². The molecule has 0 radical (unpaired) electrons. The molecule has 1 aromatic heterocycles. The molecular weight excluding hydrogens is 335 g/mol. The van der Waals surface area contributed by atoms with Gasteiger partial charge in [0.25, 0.3) is 0 Å². The molecule has 3 aromatic rings. The van der Waals surface area contributed by atoms with Crippen LogP contribution in [-0.2, 0) is 10.0 Å². The number of nitrogens with two attached hydrogens (primary N) is 1. The molecule has 24 heavy (non-hydrogen) atoms. The Morgan fingerprint density at radius 3 is 2.62 bits per heavy atom. The summed E-state index contributed by atoms with van der Waals surface area (Å²) in [5, 5.41) is 5.25. The first-order chi connectivity index (χ1) is 11.4. The molecule has 0 amide bonds. The third kappa shape index (κ3) is 2.89. The van der Waals surface area contributed by atoms with Crippen molar-refractivity contribution >= 4 is 10.0 Å².